The number of hydrogen-bond donors (Lipinski definition) is 1. The number of carbonyl (C=O) groups is 3. The molecule has 0 spiro atoms. The van der Waals surface area contributed by atoms with Crippen LogP contribution in [0.5, 0.6) is 11.5 Å². The van der Waals surface area contributed by atoms with E-state index >= 15 is 0 Å². The quantitative estimate of drug-likeness (QED) is 0.661. The summed E-state index contributed by atoms with van der Waals surface area (Å²) < 4.78 is 10.3. The van der Waals surface area contributed by atoms with E-state index in [1.807, 2.05) is 6.92 Å². The molecule has 0 aromatic heterocycles. The van der Waals surface area contributed by atoms with Gasteiger partial charge in [0, 0.05) is 24.5 Å². The standard InChI is InChI=1S/C18H18O6/c1-8-4-11-16(14(5-8)24-9(2)19)18(22)12-6-10(23-3)7-13(20)15(12)17(11)21/h5-7,11,14,16,20H,4H2,1-3H3/t11-,14+,16-/m0/s1. The minimum Gasteiger partial charge on any atom is -0.507 e. The fourth-order valence-corrected chi connectivity index (χ4v) is 3.58. The Balaban J connectivity index is 2.14. The Hall–Kier alpha value is -2.63. The van der Waals surface area contributed by atoms with Crippen LogP contribution in [0.4, 0.5) is 0 Å². The van der Waals surface area contributed by atoms with Crippen LogP contribution in [0.25, 0.3) is 0 Å². The van der Waals surface area contributed by atoms with Gasteiger partial charge >= 0.3 is 5.97 Å². The predicted molar refractivity (Wildman–Crippen MR) is 84.2 cm³/mol. The van der Waals surface area contributed by atoms with E-state index in [4.69, 9.17) is 9.47 Å². The summed E-state index contributed by atoms with van der Waals surface area (Å²) in [5.74, 6) is -2.53. The van der Waals surface area contributed by atoms with Crippen LogP contribution >= 0.6 is 0 Å². The number of Topliss-reactive ketones (excluding diaryl/α,β-unsaturated/α-hetero) is 2. The van der Waals surface area contributed by atoms with E-state index in [0.717, 1.165) is 5.57 Å². The number of esters is 1. The number of fused-ring (bicyclic) bond motifs is 2. The summed E-state index contributed by atoms with van der Waals surface area (Å²) >= 11 is 0. The number of methoxy groups -OCH3 is 1. The third-order valence-electron chi connectivity index (χ3n) is 4.56. The van der Waals surface area contributed by atoms with Crippen molar-refractivity contribution in [1.29, 1.82) is 0 Å². The summed E-state index contributed by atoms with van der Waals surface area (Å²) in [7, 11) is 1.41. The van der Waals surface area contributed by atoms with E-state index in [0.29, 0.717) is 6.42 Å². The van der Waals surface area contributed by atoms with Crippen molar-refractivity contribution in [2.45, 2.75) is 26.4 Å². The van der Waals surface area contributed by atoms with Crippen molar-refractivity contribution in [3.8, 4) is 11.5 Å². The fraction of sp³-hybridized carbons (Fsp3) is 0.389. The number of phenolic OH excluding ortho intramolecular Hbond substituents is 1. The molecule has 0 saturated heterocycles. The van der Waals surface area contributed by atoms with Crippen LogP contribution in [0.15, 0.2) is 23.8 Å². The number of ether oxygens (including phenoxy) is 2. The molecule has 6 nitrogen and oxygen atoms in total. The number of ketones is 2. The zero-order valence-corrected chi connectivity index (χ0v) is 13.7. The number of benzene rings is 1. The van der Waals surface area contributed by atoms with Gasteiger partial charge in [-0.1, -0.05) is 5.57 Å². The lowest BCUT2D eigenvalue weighted by Crippen LogP contribution is -2.46. The van der Waals surface area contributed by atoms with E-state index < -0.39 is 23.9 Å². The predicted octanol–water partition coefficient (Wildman–Crippen LogP) is 2.29. The molecule has 2 aliphatic rings. The molecule has 1 N–H and O–H groups in total. The van der Waals surface area contributed by atoms with Gasteiger partial charge < -0.3 is 14.6 Å². The Bertz CT molecular complexity index is 776. The molecule has 0 fully saturated rings. The number of allylic oxidation sites excluding steroid dienone is 1. The van der Waals surface area contributed by atoms with Crippen molar-refractivity contribution >= 4 is 17.5 Å². The van der Waals surface area contributed by atoms with Crippen LogP contribution in [0, 0.1) is 11.8 Å². The third kappa shape index (κ3) is 2.48. The second-order valence-electron chi connectivity index (χ2n) is 6.22. The van der Waals surface area contributed by atoms with Crippen LogP contribution in [0.1, 0.15) is 41.0 Å². The summed E-state index contributed by atoms with van der Waals surface area (Å²) in [4.78, 5) is 37.2. The van der Waals surface area contributed by atoms with Crippen LogP contribution in [0.3, 0.4) is 0 Å². The fourth-order valence-electron chi connectivity index (χ4n) is 3.58. The van der Waals surface area contributed by atoms with Crippen LogP contribution in [0.2, 0.25) is 0 Å². The van der Waals surface area contributed by atoms with Gasteiger partial charge in [0.2, 0.25) is 0 Å². The summed E-state index contributed by atoms with van der Waals surface area (Å²) in [6.07, 6.45) is 1.34. The molecular weight excluding hydrogens is 312 g/mol. The molecule has 0 aliphatic heterocycles. The molecule has 1 aromatic rings. The van der Waals surface area contributed by atoms with Crippen molar-refractivity contribution in [1.82, 2.24) is 0 Å². The van der Waals surface area contributed by atoms with E-state index in [1.54, 1.807) is 6.08 Å². The van der Waals surface area contributed by atoms with Crippen molar-refractivity contribution in [3.05, 3.63) is 34.9 Å². The zero-order valence-electron chi connectivity index (χ0n) is 13.7. The van der Waals surface area contributed by atoms with Gasteiger partial charge in [0.1, 0.15) is 17.6 Å². The van der Waals surface area contributed by atoms with Crippen LogP contribution < -0.4 is 4.74 Å². The highest BCUT2D eigenvalue weighted by Crippen LogP contribution is 2.44. The topological polar surface area (TPSA) is 89.9 Å². The van der Waals surface area contributed by atoms with Crippen LogP contribution in [-0.2, 0) is 9.53 Å². The van der Waals surface area contributed by atoms with Gasteiger partial charge in [0.25, 0.3) is 0 Å². The smallest absolute Gasteiger partial charge is 0.303 e. The van der Waals surface area contributed by atoms with Crippen molar-refractivity contribution in [3.63, 3.8) is 0 Å². The zero-order chi connectivity index (χ0) is 17.6. The molecule has 3 rings (SSSR count). The lowest BCUT2D eigenvalue weighted by Gasteiger charge is -2.37. The molecule has 6 heteroatoms. The first kappa shape index (κ1) is 16.2. The highest BCUT2D eigenvalue weighted by atomic mass is 16.5. The number of hydrogen-bond acceptors (Lipinski definition) is 6. The first-order chi connectivity index (χ1) is 11.3. The average molecular weight is 330 g/mol. The molecule has 2 aliphatic carbocycles. The highest BCUT2D eigenvalue weighted by Gasteiger charge is 2.49. The van der Waals surface area contributed by atoms with Gasteiger partial charge in [-0.05, 0) is 25.5 Å². The Kier molecular flexibility index (Phi) is 3.91. The van der Waals surface area contributed by atoms with Crippen LogP contribution in [-0.4, -0.2) is 35.9 Å². The lowest BCUT2D eigenvalue weighted by atomic mass is 9.66. The minimum absolute atomic E-state index is 0.0262. The molecule has 3 atom stereocenters. The van der Waals surface area contributed by atoms with Crippen molar-refractivity contribution in [2.75, 3.05) is 7.11 Å². The molecule has 0 amide bonds. The maximum absolute atomic E-state index is 13.0. The maximum Gasteiger partial charge on any atom is 0.303 e. The number of phenols is 1. The maximum atomic E-state index is 13.0. The molecule has 0 radical (unpaired) electrons. The molecule has 0 heterocycles. The molecule has 0 saturated carbocycles. The van der Waals surface area contributed by atoms with E-state index in [-0.39, 0.29) is 34.2 Å². The SMILES string of the molecule is COc1cc(O)c2c(c1)C(=O)[C@H]1[C@H](CC(C)=C[C@H]1OC(C)=O)C2=O. The molecule has 24 heavy (non-hydrogen) atoms. The van der Waals surface area contributed by atoms with Crippen molar-refractivity contribution in [2.24, 2.45) is 11.8 Å². The molecular formula is C18H18O6. The summed E-state index contributed by atoms with van der Waals surface area (Å²) in [6.45, 7) is 3.10. The Morgan fingerprint density at radius 3 is 2.58 bits per heavy atom. The van der Waals surface area contributed by atoms with E-state index in [2.05, 4.69) is 0 Å². The molecule has 0 bridgehead atoms. The van der Waals surface area contributed by atoms with Gasteiger partial charge in [-0.15, -0.1) is 0 Å². The van der Waals surface area contributed by atoms with Gasteiger partial charge in [-0.25, -0.2) is 0 Å². The Labute approximate surface area is 139 Å². The number of aromatic hydroxyl groups is 1. The largest absolute Gasteiger partial charge is 0.507 e. The minimum atomic E-state index is -0.779. The molecule has 126 valence electrons. The molecule has 1 aromatic carbocycles. The number of carbonyl (C=O) groups excluding carboxylic acids is 3. The normalized spacial score (nSPS) is 25.5. The molecule has 0 unspecified atom stereocenters. The summed E-state index contributed by atoms with van der Waals surface area (Å²) in [5.41, 5.74) is 1.02. The van der Waals surface area contributed by atoms with Gasteiger partial charge in [-0.3, -0.25) is 14.4 Å². The average Bonchev–Trinajstić information content (AvgIpc) is 2.50. The van der Waals surface area contributed by atoms with Gasteiger partial charge in [0.15, 0.2) is 11.6 Å². The summed E-state index contributed by atoms with van der Waals surface area (Å²) in [5, 5.41) is 10.2. The summed E-state index contributed by atoms with van der Waals surface area (Å²) in [6, 6.07) is 2.76. The first-order valence-corrected chi connectivity index (χ1v) is 7.67. The number of rotatable bonds is 2. The van der Waals surface area contributed by atoms with Gasteiger partial charge in [0.05, 0.1) is 18.6 Å². The second-order valence-corrected chi connectivity index (χ2v) is 6.22. The van der Waals surface area contributed by atoms with E-state index in [1.165, 1.54) is 26.2 Å². The monoisotopic (exact) mass is 330 g/mol. The third-order valence-corrected chi connectivity index (χ3v) is 4.56. The second kappa shape index (κ2) is 5.78. The highest BCUT2D eigenvalue weighted by molar-refractivity contribution is 6.18. The van der Waals surface area contributed by atoms with E-state index in [9.17, 15) is 19.5 Å². The lowest BCUT2D eigenvalue weighted by molar-refractivity contribution is -0.146. The Morgan fingerprint density at radius 2 is 1.96 bits per heavy atom. The Morgan fingerprint density at radius 1 is 1.25 bits per heavy atom. The first-order valence-electron chi connectivity index (χ1n) is 7.67. The van der Waals surface area contributed by atoms with Gasteiger partial charge in [-0.2, -0.15) is 0 Å². The van der Waals surface area contributed by atoms with Crippen molar-refractivity contribution < 1.29 is 29.0 Å².